The Morgan fingerprint density at radius 1 is 1.14 bits per heavy atom. The van der Waals surface area contributed by atoms with E-state index in [1.54, 1.807) is 17.0 Å². The molecule has 2 aliphatic rings. The highest BCUT2D eigenvalue weighted by Crippen LogP contribution is 2.27. The highest BCUT2D eigenvalue weighted by molar-refractivity contribution is 5.94. The van der Waals surface area contributed by atoms with Crippen molar-refractivity contribution in [2.24, 2.45) is 0 Å². The van der Waals surface area contributed by atoms with Gasteiger partial charge < -0.3 is 14.7 Å². The molecule has 1 aromatic carbocycles. The Morgan fingerprint density at radius 2 is 1.86 bits per heavy atom. The second-order valence-corrected chi connectivity index (χ2v) is 7.59. The number of halogens is 1. The zero-order valence-electron chi connectivity index (χ0n) is 16.5. The average Bonchev–Trinajstić information content (AvgIpc) is 2.73. The highest BCUT2D eigenvalue weighted by Gasteiger charge is 2.29. The number of quaternary nitrogens is 1. The fourth-order valence-electron chi connectivity index (χ4n) is 4.12. The number of aryl methyl sites for hydroxylation is 1. The van der Waals surface area contributed by atoms with Gasteiger partial charge in [-0.15, -0.1) is 0 Å². The summed E-state index contributed by atoms with van der Waals surface area (Å²) in [6, 6.07) is 5.76. The molecule has 6 nitrogen and oxygen atoms in total. The zero-order valence-corrected chi connectivity index (χ0v) is 16.5. The van der Waals surface area contributed by atoms with Gasteiger partial charge in [0.2, 0.25) is 0 Å². The van der Waals surface area contributed by atoms with Gasteiger partial charge in [0.15, 0.2) is 0 Å². The van der Waals surface area contributed by atoms with E-state index in [0.717, 1.165) is 62.0 Å². The lowest BCUT2D eigenvalue weighted by molar-refractivity contribution is -0.898. The molecule has 0 radical (unpaired) electrons. The molecule has 1 saturated heterocycles. The molecule has 1 N–H and O–H groups in total. The molecule has 0 atom stereocenters. The van der Waals surface area contributed by atoms with E-state index in [4.69, 9.17) is 4.98 Å². The van der Waals surface area contributed by atoms with Crippen LogP contribution < -0.4 is 9.80 Å². The third kappa shape index (κ3) is 3.71. The summed E-state index contributed by atoms with van der Waals surface area (Å²) in [5, 5.41) is 0. The number of piperazine rings is 1. The van der Waals surface area contributed by atoms with Gasteiger partial charge in [-0.05, 0) is 38.1 Å². The Balaban J connectivity index is 1.58. The number of carbonyl (C=O) groups excluding carboxylic acids is 1. The number of carbonyl (C=O) groups is 1. The van der Waals surface area contributed by atoms with E-state index < -0.39 is 0 Å². The Bertz CT molecular complexity index is 862. The molecule has 2 aromatic rings. The minimum atomic E-state index is -0.333. The zero-order chi connectivity index (χ0) is 19.7. The number of nitrogens with zero attached hydrogens (tertiary/aromatic N) is 4. The normalized spacial score (nSPS) is 17.5. The molecule has 28 heavy (non-hydrogen) atoms. The van der Waals surface area contributed by atoms with E-state index in [1.807, 2.05) is 11.8 Å². The molecule has 1 fully saturated rings. The van der Waals surface area contributed by atoms with Crippen LogP contribution in [0.5, 0.6) is 0 Å². The van der Waals surface area contributed by atoms with Gasteiger partial charge in [-0.2, -0.15) is 0 Å². The number of aromatic nitrogens is 2. The van der Waals surface area contributed by atoms with Crippen LogP contribution in [0.2, 0.25) is 0 Å². The van der Waals surface area contributed by atoms with Gasteiger partial charge in [-0.3, -0.25) is 4.79 Å². The van der Waals surface area contributed by atoms with Crippen LogP contribution in [0.15, 0.2) is 24.3 Å². The van der Waals surface area contributed by atoms with Crippen molar-refractivity contribution in [2.45, 2.75) is 26.8 Å². The lowest BCUT2D eigenvalue weighted by atomic mass is 10.0. The fraction of sp³-hybridized carbons (Fsp3) is 0.476. The first-order valence-electron chi connectivity index (χ1n) is 10.0. The number of likely N-dealkylation sites (N-methyl/N-ethyl adjacent to an activating group) is 1. The molecule has 0 spiro atoms. The largest absolute Gasteiger partial charge is 0.345 e. The van der Waals surface area contributed by atoms with Crippen molar-refractivity contribution in [1.82, 2.24) is 14.9 Å². The van der Waals surface area contributed by atoms with Crippen molar-refractivity contribution in [3.63, 3.8) is 0 Å². The Morgan fingerprint density at radius 3 is 2.54 bits per heavy atom. The standard InChI is InChI=1S/C21H26FN5O/c1-3-25-10-12-26(13-11-25)20-18-14-27(9-8-19(18)23-15(2)24-20)21(28)16-4-6-17(22)7-5-16/h4-7H,3,8-14H2,1-2H3/p+1. The summed E-state index contributed by atoms with van der Waals surface area (Å²) in [4.78, 5) is 28.1. The second kappa shape index (κ2) is 7.83. The van der Waals surface area contributed by atoms with Crippen molar-refractivity contribution in [1.29, 1.82) is 0 Å². The fourth-order valence-corrected chi connectivity index (χ4v) is 4.12. The van der Waals surface area contributed by atoms with Crippen molar-refractivity contribution in [3.05, 3.63) is 52.7 Å². The molecular weight excluding hydrogens is 357 g/mol. The Kier molecular flexibility index (Phi) is 5.26. The van der Waals surface area contributed by atoms with E-state index in [1.165, 1.54) is 12.1 Å². The van der Waals surface area contributed by atoms with Crippen LogP contribution >= 0.6 is 0 Å². The molecular formula is C21H27FN5O+. The lowest BCUT2D eigenvalue weighted by Gasteiger charge is -2.36. The first-order valence-corrected chi connectivity index (χ1v) is 10.0. The number of rotatable bonds is 3. The molecule has 4 rings (SSSR count). The number of hydrogen-bond donors (Lipinski definition) is 1. The minimum absolute atomic E-state index is 0.0718. The number of hydrogen-bond acceptors (Lipinski definition) is 4. The van der Waals surface area contributed by atoms with Crippen molar-refractivity contribution in [3.8, 4) is 0 Å². The van der Waals surface area contributed by atoms with Crippen LogP contribution in [0.25, 0.3) is 0 Å². The summed E-state index contributed by atoms with van der Waals surface area (Å²) in [7, 11) is 0. The van der Waals surface area contributed by atoms with Crippen LogP contribution in [-0.4, -0.2) is 60.0 Å². The van der Waals surface area contributed by atoms with Crippen LogP contribution in [0.1, 0.15) is 34.4 Å². The van der Waals surface area contributed by atoms with Crippen LogP contribution in [0, 0.1) is 12.7 Å². The topological polar surface area (TPSA) is 53.8 Å². The van der Waals surface area contributed by atoms with Crippen LogP contribution in [0.3, 0.4) is 0 Å². The second-order valence-electron chi connectivity index (χ2n) is 7.59. The number of nitrogens with one attached hydrogen (secondary N) is 1. The highest BCUT2D eigenvalue weighted by atomic mass is 19.1. The van der Waals surface area contributed by atoms with Crippen molar-refractivity contribution in [2.75, 3.05) is 44.2 Å². The van der Waals surface area contributed by atoms with Gasteiger partial charge in [-0.25, -0.2) is 14.4 Å². The maximum atomic E-state index is 13.2. The van der Waals surface area contributed by atoms with Gasteiger partial charge in [-0.1, -0.05) is 0 Å². The SMILES string of the molecule is CC[NH+]1CCN(c2nc(C)nc3c2CN(C(=O)c2ccc(F)cc2)CC3)CC1. The average molecular weight is 384 g/mol. The van der Waals surface area contributed by atoms with Crippen molar-refractivity contribution >= 4 is 11.7 Å². The molecule has 148 valence electrons. The molecule has 7 heteroatoms. The van der Waals surface area contributed by atoms with Gasteiger partial charge >= 0.3 is 0 Å². The maximum absolute atomic E-state index is 13.2. The van der Waals surface area contributed by atoms with Gasteiger partial charge in [0.05, 0.1) is 45.0 Å². The van der Waals surface area contributed by atoms with E-state index in [9.17, 15) is 9.18 Å². The molecule has 1 aromatic heterocycles. The number of benzene rings is 1. The summed E-state index contributed by atoms with van der Waals surface area (Å²) >= 11 is 0. The third-order valence-corrected chi connectivity index (χ3v) is 5.80. The van der Waals surface area contributed by atoms with E-state index in [2.05, 4.69) is 16.8 Å². The number of amides is 1. The smallest absolute Gasteiger partial charge is 0.254 e. The van der Waals surface area contributed by atoms with E-state index in [-0.39, 0.29) is 11.7 Å². The molecule has 2 aliphatic heterocycles. The van der Waals surface area contributed by atoms with E-state index in [0.29, 0.717) is 18.7 Å². The first kappa shape index (κ1) is 18.8. The third-order valence-electron chi connectivity index (χ3n) is 5.80. The summed E-state index contributed by atoms with van der Waals surface area (Å²) < 4.78 is 13.2. The Labute approximate surface area is 165 Å². The molecule has 1 amide bonds. The predicted octanol–water partition coefficient (Wildman–Crippen LogP) is 0.847. The first-order chi connectivity index (χ1) is 13.5. The molecule has 3 heterocycles. The van der Waals surface area contributed by atoms with Crippen molar-refractivity contribution < 1.29 is 14.1 Å². The lowest BCUT2D eigenvalue weighted by Crippen LogP contribution is -3.14. The van der Waals surface area contributed by atoms with E-state index >= 15 is 0 Å². The number of fused-ring (bicyclic) bond motifs is 1. The summed E-state index contributed by atoms with van der Waals surface area (Å²) in [5.74, 6) is 1.36. The molecule has 0 unspecified atom stereocenters. The van der Waals surface area contributed by atoms with Crippen LogP contribution in [0.4, 0.5) is 10.2 Å². The maximum Gasteiger partial charge on any atom is 0.254 e. The molecule has 0 bridgehead atoms. The monoisotopic (exact) mass is 384 g/mol. The quantitative estimate of drug-likeness (QED) is 0.853. The summed E-state index contributed by atoms with van der Waals surface area (Å²) in [5.41, 5.74) is 2.63. The Hall–Kier alpha value is -2.54. The van der Waals surface area contributed by atoms with Gasteiger partial charge in [0, 0.05) is 24.1 Å². The van der Waals surface area contributed by atoms with Gasteiger partial charge in [0.25, 0.3) is 5.91 Å². The molecule has 0 aliphatic carbocycles. The van der Waals surface area contributed by atoms with Gasteiger partial charge in [0.1, 0.15) is 17.5 Å². The van der Waals surface area contributed by atoms with Crippen LogP contribution in [-0.2, 0) is 13.0 Å². The summed E-state index contributed by atoms with van der Waals surface area (Å²) in [6.07, 6.45) is 0.721. The minimum Gasteiger partial charge on any atom is -0.345 e. The number of anilines is 1. The summed E-state index contributed by atoms with van der Waals surface area (Å²) in [6.45, 7) is 10.6. The molecule has 0 saturated carbocycles. The predicted molar refractivity (Wildman–Crippen MR) is 105 cm³/mol.